The van der Waals surface area contributed by atoms with Crippen molar-refractivity contribution in [2.75, 3.05) is 6.54 Å². The van der Waals surface area contributed by atoms with E-state index in [1.165, 1.54) is 15.6 Å². The van der Waals surface area contributed by atoms with Crippen LogP contribution in [0.2, 0.25) is 0 Å². The maximum atomic E-state index is 12.3. The van der Waals surface area contributed by atoms with E-state index >= 15 is 0 Å². The minimum Gasteiger partial charge on any atom is -0.427 e. The van der Waals surface area contributed by atoms with Crippen LogP contribution in [0.15, 0.2) is 60.4 Å². The zero-order chi connectivity index (χ0) is 29.1. The molecule has 0 fully saturated rings. The Morgan fingerprint density at radius 2 is 1.93 bits per heavy atom. The van der Waals surface area contributed by atoms with Crippen molar-refractivity contribution in [3.8, 4) is 17.1 Å². The smallest absolute Gasteiger partial charge is 0.311 e. The summed E-state index contributed by atoms with van der Waals surface area (Å²) in [6, 6.07) is 14.4. The number of hydrogen-bond acceptors (Lipinski definition) is 7. The highest BCUT2D eigenvalue weighted by atomic mass is 32.1. The summed E-state index contributed by atoms with van der Waals surface area (Å²) in [6.45, 7) is 4.94. The van der Waals surface area contributed by atoms with Gasteiger partial charge in [0.25, 0.3) is 0 Å². The Labute approximate surface area is 249 Å². The number of rotatable bonds is 12. The van der Waals surface area contributed by atoms with Gasteiger partial charge < -0.3 is 20.0 Å². The van der Waals surface area contributed by atoms with Gasteiger partial charge >= 0.3 is 5.97 Å². The Hall–Kier alpha value is -4.08. The molecule has 0 saturated carbocycles. The third kappa shape index (κ3) is 5.80. The molecule has 0 bridgehead atoms. The van der Waals surface area contributed by atoms with Gasteiger partial charge in [0, 0.05) is 50.6 Å². The largest absolute Gasteiger partial charge is 0.427 e. The topological polar surface area (TPSA) is 112 Å². The quantitative estimate of drug-likeness (QED) is 0.0888. The molecule has 4 heterocycles. The summed E-state index contributed by atoms with van der Waals surface area (Å²) >= 11 is 1.72. The maximum Gasteiger partial charge on any atom is 0.311 e. The number of esters is 1. The van der Waals surface area contributed by atoms with E-state index in [1.54, 1.807) is 11.3 Å². The number of nitrogens with zero attached hydrogens (tertiary/aromatic N) is 4. The van der Waals surface area contributed by atoms with E-state index < -0.39 is 0 Å². The predicted molar refractivity (Wildman–Crippen MR) is 170 cm³/mol. The van der Waals surface area contributed by atoms with Gasteiger partial charge in [-0.1, -0.05) is 24.6 Å². The molecular formula is C33H36N6O2S. The van der Waals surface area contributed by atoms with Crippen LogP contribution in [0, 0.1) is 0 Å². The summed E-state index contributed by atoms with van der Waals surface area (Å²) in [4.78, 5) is 30.5. The predicted octanol–water partition coefficient (Wildman–Crippen LogP) is 7.37. The Balaban J connectivity index is 1.22. The number of nitrogens with two attached hydrogens (primary N) is 1. The summed E-state index contributed by atoms with van der Waals surface area (Å²) in [6.07, 6.45) is 9.51. The van der Waals surface area contributed by atoms with Gasteiger partial charge in [-0.3, -0.25) is 4.79 Å². The van der Waals surface area contributed by atoms with Crippen LogP contribution in [0.4, 0.5) is 0 Å². The number of carbonyl (C=O) groups is 1. The van der Waals surface area contributed by atoms with Crippen LogP contribution >= 0.6 is 11.3 Å². The molecule has 0 radical (unpaired) electrons. The molecule has 42 heavy (non-hydrogen) atoms. The number of aromatic amines is 1. The number of fused-ring (bicyclic) bond motifs is 3. The molecule has 0 aliphatic heterocycles. The number of H-pyrrole nitrogens is 1. The van der Waals surface area contributed by atoms with E-state index in [4.69, 9.17) is 25.4 Å². The van der Waals surface area contributed by atoms with Crippen molar-refractivity contribution in [1.82, 2.24) is 24.5 Å². The molecule has 0 aliphatic rings. The van der Waals surface area contributed by atoms with Crippen LogP contribution in [0.25, 0.3) is 43.5 Å². The molecule has 0 amide bonds. The van der Waals surface area contributed by atoms with Gasteiger partial charge in [0.05, 0.1) is 12.0 Å². The minimum atomic E-state index is -0.203. The summed E-state index contributed by atoms with van der Waals surface area (Å²) < 4.78 is 8.99. The second-order valence-corrected chi connectivity index (χ2v) is 11.9. The number of hydrogen-bond donors (Lipinski definition) is 2. The fourth-order valence-electron chi connectivity index (χ4n) is 5.45. The van der Waals surface area contributed by atoms with Crippen molar-refractivity contribution in [1.29, 1.82) is 0 Å². The Morgan fingerprint density at radius 3 is 2.79 bits per heavy atom. The number of benzene rings is 2. The maximum absolute atomic E-state index is 12.3. The van der Waals surface area contributed by atoms with Gasteiger partial charge in [-0.15, -0.1) is 11.3 Å². The number of nitrogens with one attached hydrogen (secondary N) is 1. The molecule has 6 aromatic rings. The van der Waals surface area contributed by atoms with Crippen molar-refractivity contribution in [3.05, 3.63) is 71.6 Å². The fourth-order valence-corrected chi connectivity index (χ4v) is 6.38. The molecule has 0 unspecified atom stereocenters. The zero-order valence-corrected chi connectivity index (χ0v) is 24.9. The number of thiophene rings is 1. The molecular weight excluding hydrogens is 544 g/mol. The number of unbranched alkanes of at least 4 members (excludes halogenated alkanes) is 2. The first kappa shape index (κ1) is 28.1. The second kappa shape index (κ2) is 12.4. The van der Waals surface area contributed by atoms with Crippen LogP contribution in [0.1, 0.15) is 63.3 Å². The van der Waals surface area contributed by atoms with Gasteiger partial charge in [-0.05, 0) is 82.3 Å². The SMILES string of the molecule is CC(C)n1cnc2c(CCCc3c[nH]c4ccc(OC(=O)CCCCCN)cc34)nc(-c3csc4ccccc34)nc21. The highest BCUT2D eigenvalue weighted by Gasteiger charge is 2.18. The molecule has 8 nitrogen and oxygen atoms in total. The standard InChI is InChI=1S/C33H36N6O2S/c1-21(2)39-20-36-31-28(37-32(38-33(31)39)26-19-42-29-12-6-5-10-24(26)29)11-8-9-22-18-35-27-15-14-23(17-25(22)27)41-30(40)13-4-3-7-16-34/h5-6,10,12,14-15,17-21,35H,3-4,7-9,11,13,16,34H2,1-2H3. The van der Waals surface area contributed by atoms with Crippen molar-refractivity contribution in [3.63, 3.8) is 0 Å². The molecule has 6 rings (SSSR count). The number of carbonyl (C=O) groups excluding carboxylic acids is 1. The molecule has 4 aromatic heterocycles. The number of aromatic nitrogens is 5. The minimum absolute atomic E-state index is 0.203. The van der Waals surface area contributed by atoms with Gasteiger partial charge in [0.15, 0.2) is 11.5 Å². The van der Waals surface area contributed by atoms with Crippen LogP contribution < -0.4 is 10.5 Å². The second-order valence-electron chi connectivity index (χ2n) is 11.0. The summed E-state index contributed by atoms with van der Waals surface area (Å²) in [5.74, 6) is 1.13. The molecule has 0 spiro atoms. The lowest BCUT2D eigenvalue weighted by Crippen LogP contribution is -2.08. The average Bonchev–Trinajstić information content (AvgIpc) is 3.72. The average molecular weight is 581 g/mol. The Morgan fingerprint density at radius 1 is 1.05 bits per heavy atom. The molecule has 0 atom stereocenters. The highest BCUT2D eigenvalue weighted by Crippen LogP contribution is 2.34. The van der Waals surface area contributed by atoms with Gasteiger partial charge in [0.2, 0.25) is 0 Å². The molecule has 0 saturated heterocycles. The van der Waals surface area contributed by atoms with E-state index in [1.807, 2.05) is 24.5 Å². The van der Waals surface area contributed by atoms with Crippen molar-refractivity contribution in [2.45, 2.75) is 64.8 Å². The third-order valence-electron chi connectivity index (χ3n) is 7.69. The van der Waals surface area contributed by atoms with E-state index in [0.29, 0.717) is 18.7 Å². The molecule has 9 heteroatoms. The van der Waals surface area contributed by atoms with Gasteiger partial charge in [0.1, 0.15) is 11.3 Å². The molecule has 2 aromatic carbocycles. The first-order valence-corrected chi connectivity index (χ1v) is 15.6. The lowest BCUT2D eigenvalue weighted by molar-refractivity contribution is -0.134. The fraction of sp³-hybridized carbons (Fsp3) is 0.333. The number of ether oxygens (including phenoxy) is 1. The van der Waals surface area contributed by atoms with E-state index in [-0.39, 0.29) is 12.0 Å². The third-order valence-corrected chi connectivity index (χ3v) is 8.65. The van der Waals surface area contributed by atoms with E-state index in [0.717, 1.165) is 77.7 Å². The van der Waals surface area contributed by atoms with Gasteiger partial charge in [-0.25, -0.2) is 15.0 Å². The van der Waals surface area contributed by atoms with Crippen LogP contribution in [0.5, 0.6) is 5.75 Å². The monoisotopic (exact) mass is 580 g/mol. The van der Waals surface area contributed by atoms with E-state index in [2.05, 4.69) is 59.2 Å². The Kier molecular flexibility index (Phi) is 8.30. The Bertz CT molecular complexity index is 1850. The first-order chi connectivity index (χ1) is 20.5. The van der Waals surface area contributed by atoms with Crippen molar-refractivity contribution >= 4 is 49.5 Å². The van der Waals surface area contributed by atoms with Crippen molar-refractivity contribution in [2.24, 2.45) is 5.73 Å². The summed E-state index contributed by atoms with van der Waals surface area (Å²) in [5.41, 5.74) is 11.5. The molecule has 216 valence electrons. The molecule has 0 aliphatic carbocycles. The van der Waals surface area contributed by atoms with Crippen LogP contribution in [-0.4, -0.2) is 37.0 Å². The van der Waals surface area contributed by atoms with Crippen LogP contribution in [0.3, 0.4) is 0 Å². The number of imidazole rings is 1. The lowest BCUT2D eigenvalue weighted by Gasteiger charge is -2.10. The summed E-state index contributed by atoms with van der Waals surface area (Å²) in [5, 5.41) is 4.41. The lowest BCUT2D eigenvalue weighted by atomic mass is 10.1. The van der Waals surface area contributed by atoms with Crippen molar-refractivity contribution < 1.29 is 9.53 Å². The summed E-state index contributed by atoms with van der Waals surface area (Å²) in [7, 11) is 0. The van der Waals surface area contributed by atoms with E-state index in [9.17, 15) is 4.79 Å². The zero-order valence-electron chi connectivity index (χ0n) is 24.1. The van der Waals surface area contributed by atoms with Gasteiger partial charge in [-0.2, -0.15) is 0 Å². The van der Waals surface area contributed by atoms with Crippen LogP contribution in [-0.2, 0) is 17.6 Å². The normalized spacial score (nSPS) is 11.8. The molecule has 3 N–H and O–H groups in total. The highest BCUT2D eigenvalue weighted by molar-refractivity contribution is 7.17. The first-order valence-electron chi connectivity index (χ1n) is 14.7. The number of aryl methyl sites for hydroxylation is 2.